The van der Waals surface area contributed by atoms with Crippen LogP contribution in [0.1, 0.15) is 36.0 Å². The van der Waals surface area contributed by atoms with Crippen molar-refractivity contribution >= 4 is 16.9 Å². The van der Waals surface area contributed by atoms with E-state index in [1.54, 1.807) is 6.07 Å². The SMILES string of the molecule is CCOc1cccc2cc(C(C)NC(=O)c3ccoc3)oc12. The molecule has 2 aromatic heterocycles. The minimum absolute atomic E-state index is 0.202. The van der Waals surface area contributed by atoms with Crippen molar-refractivity contribution < 1.29 is 18.4 Å². The number of furan rings is 2. The van der Waals surface area contributed by atoms with E-state index in [1.807, 2.05) is 38.1 Å². The van der Waals surface area contributed by atoms with Crippen molar-refractivity contribution in [2.75, 3.05) is 6.61 Å². The maximum absolute atomic E-state index is 12.0. The van der Waals surface area contributed by atoms with Crippen molar-refractivity contribution in [2.24, 2.45) is 0 Å². The van der Waals surface area contributed by atoms with E-state index in [2.05, 4.69) is 5.32 Å². The summed E-state index contributed by atoms with van der Waals surface area (Å²) in [5.41, 5.74) is 1.18. The number of fused-ring (bicyclic) bond motifs is 1. The summed E-state index contributed by atoms with van der Waals surface area (Å²) in [6.45, 7) is 4.37. The van der Waals surface area contributed by atoms with Crippen molar-refractivity contribution in [3.63, 3.8) is 0 Å². The summed E-state index contributed by atoms with van der Waals surface area (Å²) >= 11 is 0. The molecule has 0 saturated carbocycles. The van der Waals surface area contributed by atoms with Gasteiger partial charge in [0.1, 0.15) is 12.0 Å². The van der Waals surface area contributed by atoms with Crippen LogP contribution in [0.2, 0.25) is 0 Å². The Morgan fingerprint density at radius 1 is 1.36 bits per heavy atom. The summed E-state index contributed by atoms with van der Waals surface area (Å²) in [4.78, 5) is 12.0. The third-order valence-electron chi connectivity index (χ3n) is 3.38. The summed E-state index contributed by atoms with van der Waals surface area (Å²) in [6, 6.07) is 9.01. The first-order chi connectivity index (χ1) is 10.7. The second-order valence-corrected chi connectivity index (χ2v) is 4.96. The van der Waals surface area contributed by atoms with Crippen LogP contribution >= 0.6 is 0 Å². The third kappa shape index (κ3) is 2.70. The van der Waals surface area contributed by atoms with Gasteiger partial charge in [-0.1, -0.05) is 12.1 Å². The molecule has 0 aliphatic rings. The minimum atomic E-state index is -0.260. The van der Waals surface area contributed by atoms with E-state index < -0.39 is 0 Å². The number of carbonyl (C=O) groups excluding carboxylic acids is 1. The van der Waals surface area contributed by atoms with E-state index in [-0.39, 0.29) is 11.9 Å². The summed E-state index contributed by atoms with van der Waals surface area (Å²) in [7, 11) is 0. The van der Waals surface area contributed by atoms with Gasteiger partial charge in [-0.3, -0.25) is 4.79 Å². The standard InChI is InChI=1S/C17H17NO4/c1-3-21-14-6-4-5-12-9-15(22-16(12)14)11(2)18-17(19)13-7-8-20-10-13/h4-11H,3H2,1-2H3,(H,18,19). The lowest BCUT2D eigenvalue weighted by Gasteiger charge is -2.10. The molecule has 1 unspecified atom stereocenters. The minimum Gasteiger partial charge on any atom is -0.490 e. The van der Waals surface area contributed by atoms with Crippen LogP contribution in [0.15, 0.2) is 51.7 Å². The van der Waals surface area contributed by atoms with Gasteiger partial charge in [0.05, 0.1) is 24.5 Å². The molecule has 0 spiro atoms. The zero-order chi connectivity index (χ0) is 15.5. The number of hydrogen-bond acceptors (Lipinski definition) is 4. The smallest absolute Gasteiger partial charge is 0.255 e. The molecule has 0 radical (unpaired) electrons. The van der Waals surface area contributed by atoms with E-state index in [0.29, 0.717) is 29.3 Å². The maximum Gasteiger partial charge on any atom is 0.255 e. The molecule has 0 fully saturated rings. The van der Waals surface area contributed by atoms with Gasteiger partial charge in [0.15, 0.2) is 11.3 Å². The van der Waals surface area contributed by atoms with Crippen LogP contribution in [0, 0.1) is 0 Å². The molecule has 1 N–H and O–H groups in total. The van der Waals surface area contributed by atoms with Gasteiger partial charge in [-0.15, -0.1) is 0 Å². The number of nitrogens with one attached hydrogen (secondary N) is 1. The molecule has 3 rings (SSSR count). The van der Waals surface area contributed by atoms with Gasteiger partial charge < -0.3 is 18.9 Å². The highest BCUT2D eigenvalue weighted by Gasteiger charge is 2.17. The molecule has 22 heavy (non-hydrogen) atoms. The quantitative estimate of drug-likeness (QED) is 0.775. The van der Waals surface area contributed by atoms with E-state index >= 15 is 0 Å². The fraction of sp³-hybridized carbons (Fsp3) is 0.235. The highest BCUT2D eigenvalue weighted by Crippen LogP contribution is 2.31. The van der Waals surface area contributed by atoms with E-state index in [1.165, 1.54) is 12.5 Å². The monoisotopic (exact) mass is 299 g/mol. The van der Waals surface area contributed by atoms with Crippen LogP contribution in [0.4, 0.5) is 0 Å². The first-order valence-electron chi connectivity index (χ1n) is 7.17. The van der Waals surface area contributed by atoms with Gasteiger partial charge in [-0.25, -0.2) is 0 Å². The van der Waals surface area contributed by atoms with Crippen molar-refractivity contribution in [3.05, 3.63) is 54.2 Å². The summed E-state index contributed by atoms with van der Waals surface area (Å²) < 4.78 is 16.3. The lowest BCUT2D eigenvalue weighted by molar-refractivity contribution is 0.0935. The number of amides is 1. The number of benzene rings is 1. The lowest BCUT2D eigenvalue weighted by Crippen LogP contribution is -2.25. The molecule has 114 valence electrons. The molecule has 5 heteroatoms. The molecule has 0 aliphatic carbocycles. The summed E-state index contributed by atoms with van der Waals surface area (Å²) in [6.07, 6.45) is 2.88. The molecule has 1 amide bonds. The highest BCUT2D eigenvalue weighted by molar-refractivity contribution is 5.94. The molecular weight excluding hydrogens is 282 g/mol. The molecule has 1 aromatic carbocycles. The molecule has 0 bridgehead atoms. The number of ether oxygens (including phenoxy) is 1. The van der Waals surface area contributed by atoms with Gasteiger partial charge >= 0.3 is 0 Å². The Balaban J connectivity index is 1.83. The fourth-order valence-corrected chi connectivity index (χ4v) is 2.28. The van der Waals surface area contributed by atoms with Crippen molar-refractivity contribution in [3.8, 4) is 5.75 Å². The predicted octanol–water partition coefficient (Wildman–Crippen LogP) is 3.92. The van der Waals surface area contributed by atoms with Gasteiger partial charge in [-0.2, -0.15) is 0 Å². The summed E-state index contributed by atoms with van der Waals surface area (Å²) in [5.74, 6) is 1.19. The summed E-state index contributed by atoms with van der Waals surface area (Å²) in [5, 5.41) is 3.83. The molecule has 3 aromatic rings. The first-order valence-corrected chi connectivity index (χ1v) is 7.17. The molecule has 5 nitrogen and oxygen atoms in total. The van der Waals surface area contributed by atoms with Crippen molar-refractivity contribution in [1.82, 2.24) is 5.32 Å². The lowest BCUT2D eigenvalue weighted by atomic mass is 10.2. The van der Waals surface area contributed by atoms with Gasteiger partial charge in [-0.05, 0) is 32.0 Å². The Bertz CT molecular complexity index is 773. The first kappa shape index (κ1) is 14.3. The molecule has 2 heterocycles. The van der Waals surface area contributed by atoms with Gasteiger partial charge in [0.2, 0.25) is 0 Å². The number of carbonyl (C=O) groups is 1. The highest BCUT2D eigenvalue weighted by atomic mass is 16.5. The number of hydrogen-bond donors (Lipinski definition) is 1. The van der Waals surface area contributed by atoms with Gasteiger partial charge in [0.25, 0.3) is 5.91 Å². The molecule has 0 saturated heterocycles. The second-order valence-electron chi connectivity index (χ2n) is 4.96. The Morgan fingerprint density at radius 2 is 2.23 bits per heavy atom. The van der Waals surface area contributed by atoms with Crippen LogP contribution in [-0.2, 0) is 0 Å². The maximum atomic E-state index is 12.0. The van der Waals surface area contributed by atoms with Crippen molar-refractivity contribution in [1.29, 1.82) is 0 Å². The number of para-hydroxylation sites is 1. The Morgan fingerprint density at radius 3 is 2.95 bits per heavy atom. The van der Waals surface area contributed by atoms with E-state index in [4.69, 9.17) is 13.6 Å². The zero-order valence-electron chi connectivity index (χ0n) is 12.5. The van der Waals surface area contributed by atoms with E-state index in [0.717, 1.165) is 5.39 Å². The predicted molar refractivity (Wildman–Crippen MR) is 82.0 cm³/mol. The Labute approximate surface area is 127 Å². The van der Waals surface area contributed by atoms with Crippen LogP contribution in [-0.4, -0.2) is 12.5 Å². The average Bonchev–Trinajstić information content (AvgIpc) is 3.17. The normalized spacial score (nSPS) is 12.3. The van der Waals surface area contributed by atoms with Crippen LogP contribution in [0.5, 0.6) is 5.75 Å². The van der Waals surface area contributed by atoms with Crippen molar-refractivity contribution in [2.45, 2.75) is 19.9 Å². The third-order valence-corrected chi connectivity index (χ3v) is 3.38. The Kier molecular flexibility index (Phi) is 3.87. The Hall–Kier alpha value is -2.69. The molecule has 1 atom stereocenters. The molecular formula is C17H17NO4. The zero-order valence-corrected chi connectivity index (χ0v) is 12.5. The van der Waals surface area contributed by atoms with Crippen LogP contribution in [0.25, 0.3) is 11.0 Å². The molecule has 0 aliphatic heterocycles. The van der Waals surface area contributed by atoms with Gasteiger partial charge in [0, 0.05) is 5.39 Å². The second kappa shape index (κ2) is 5.97. The largest absolute Gasteiger partial charge is 0.490 e. The number of rotatable bonds is 5. The average molecular weight is 299 g/mol. The topological polar surface area (TPSA) is 64.6 Å². The van der Waals surface area contributed by atoms with Crippen LogP contribution in [0.3, 0.4) is 0 Å². The van der Waals surface area contributed by atoms with E-state index in [9.17, 15) is 4.79 Å². The van der Waals surface area contributed by atoms with Crippen LogP contribution < -0.4 is 10.1 Å². The fourth-order valence-electron chi connectivity index (χ4n) is 2.28.